The lowest BCUT2D eigenvalue weighted by Gasteiger charge is -2.33. The fraction of sp³-hybridized carbons (Fsp3) is 0.944. The number of nitrogens with one attached hydrogen (secondary N) is 1. The molecule has 1 unspecified atom stereocenters. The van der Waals surface area contributed by atoms with Crippen LogP contribution >= 0.6 is 0 Å². The molecule has 0 aromatic rings. The van der Waals surface area contributed by atoms with Crippen LogP contribution in [-0.4, -0.2) is 67.3 Å². The number of carbonyl (C=O) groups is 1. The maximum atomic E-state index is 11.7. The van der Waals surface area contributed by atoms with Crippen molar-refractivity contribution in [1.29, 1.82) is 0 Å². The first-order chi connectivity index (χ1) is 11.2. The molecule has 5 heteroatoms. The van der Waals surface area contributed by atoms with Crippen LogP contribution in [0.3, 0.4) is 0 Å². The number of piperidine rings is 1. The Morgan fingerprint density at radius 3 is 2.43 bits per heavy atom. The number of hydrogen-bond donors (Lipinski definition) is 1. The number of amides is 1. The average molecular weight is 323 g/mol. The molecule has 1 atom stereocenters. The molecule has 5 nitrogen and oxygen atoms in total. The van der Waals surface area contributed by atoms with Crippen molar-refractivity contribution >= 4 is 6.09 Å². The molecule has 1 amide bonds. The van der Waals surface area contributed by atoms with Crippen LogP contribution in [0.5, 0.6) is 0 Å². The van der Waals surface area contributed by atoms with Gasteiger partial charge in [0, 0.05) is 38.3 Å². The summed E-state index contributed by atoms with van der Waals surface area (Å²) in [5, 5.41) is 3.84. The van der Waals surface area contributed by atoms with Gasteiger partial charge >= 0.3 is 6.09 Å². The molecule has 1 aliphatic carbocycles. The van der Waals surface area contributed by atoms with Gasteiger partial charge in [0.1, 0.15) is 0 Å². The quantitative estimate of drug-likeness (QED) is 0.844. The average Bonchev–Trinajstić information content (AvgIpc) is 3.21. The van der Waals surface area contributed by atoms with Crippen LogP contribution in [0.15, 0.2) is 0 Å². The van der Waals surface area contributed by atoms with Crippen LogP contribution in [0.1, 0.15) is 51.9 Å². The highest BCUT2D eigenvalue weighted by molar-refractivity contribution is 5.67. The van der Waals surface area contributed by atoms with Gasteiger partial charge in [0.05, 0.1) is 6.61 Å². The SMILES string of the molecule is CCOC(=O)N1CCC(NC2CCN(CC3CCCC3)C2)CC1. The van der Waals surface area contributed by atoms with E-state index in [2.05, 4.69) is 10.2 Å². The molecular formula is C18H33N3O2. The molecule has 3 aliphatic rings. The Bertz CT molecular complexity index is 376. The molecule has 2 aliphatic heterocycles. The zero-order chi connectivity index (χ0) is 16.1. The van der Waals surface area contributed by atoms with Gasteiger partial charge < -0.3 is 19.9 Å². The summed E-state index contributed by atoms with van der Waals surface area (Å²) < 4.78 is 5.09. The van der Waals surface area contributed by atoms with Gasteiger partial charge in [-0.3, -0.25) is 0 Å². The monoisotopic (exact) mass is 323 g/mol. The van der Waals surface area contributed by atoms with Gasteiger partial charge in [-0.1, -0.05) is 12.8 Å². The number of nitrogens with zero attached hydrogens (tertiary/aromatic N) is 2. The Hall–Kier alpha value is -0.810. The van der Waals surface area contributed by atoms with Crippen molar-refractivity contribution in [2.24, 2.45) is 5.92 Å². The second kappa shape index (κ2) is 8.34. The first-order valence-electron chi connectivity index (χ1n) is 9.64. The number of ether oxygens (including phenoxy) is 1. The maximum absolute atomic E-state index is 11.7. The Morgan fingerprint density at radius 1 is 1.04 bits per heavy atom. The molecule has 0 spiro atoms. The van der Waals surface area contributed by atoms with Crippen LogP contribution in [0.2, 0.25) is 0 Å². The van der Waals surface area contributed by atoms with Crippen molar-refractivity contribution in [1.82, 2.24) is 15.1 Å². The standard InChI is InChI=1S/C18H33N3O2/c1-2-23-18(22)21-11-8-16(9-12-21)19-17-7-10-20(14-17)13-15-5-3-4-6-15/h15-17,19H,2-14H2,1H3. The highest BCUT2D eigenvalue weighted by Crippen LogP contribution is 2.27. The van der Waals surface area contributed by atoms with Gasteiger partial charge in [0.2, 0.25) is 0 Å². The van der Waals surface area contributed by atoms with E-state index in [-0.39, 0.29) is 6.09 Å². The summed E-state index contributed by atoms with van der Waals surface area (Å²) in [5.74, 6) is 0.960. The summed E-state index contributed by atoms with van der Waals surface area (Å²) in [6.45, 7) is 7.79. The molecule has 0 aromatic carbocycles. The van der Waals surface area contributed by atoms with Gasteiger partial charge in [-0.25, -0.2) is 4.79 Å². The number of hydrogen-bond acceptors (Lipinski definition) is 4. The molecule has 0 radical (unpaired) electrons. The normalized spacial score (nSPS) is 27.7. The van der Waals surface area contributed by atoms with Gasteiger partial charge in [0.25, 0.3) is 0 Å². The summed E-state index contributed by atoms with van der Waals surface area (Å²) in [6.07, 6.45) is 9.02. The van der Waals surface area contributed by atoms with Crippen LogP contribution in [0.25, 0.3) is 0 Å². The van der Waals surface area contributed by atoms with E-state index in [0.29, 0.717) is 18.7 Å². The molecule has 132 valence electrons. The number of likely N-dealkylation sites (tertiary alicyclic amines) is 2. The molecule has 2 saturated heterocycles. The van der Waals surface area contributed by atoms with E-state index < -0.39 is 0 Å². The Kier molecular flexibility index (Phi) is 6.17. The van der Waals surface area contributed by atoms with Crippen LogP contribution in [0.4, 0.5) is 4.79 Å². The van der Waals surface area contributed by atoms with E-state index in [9.17, 15) is 4.79 Å². The van der Waals surface area contributed by atoms with E-state index in [1.165, 1.54) is 51.7 Å². The van der Waals surface area contributed by atoms with Crippen molar-refractivity contribution < 1.29 is 9.53 Å². The summed E-state index contributed by atoms with van der Waals surface area (Å²) >= 11 is 0. The van der Waals surface area contributed by atoms with Gasteiger partial charge in [-0.2, -0.15) is 0 Å². The maximum Gasteiger partial charge on any atom is 0.409 e. The molecular weight excluding hydrogens is 290 g/mol. The van der Waals surface area contributed by atoms with E-state index in [1.54, 1.807) is 0 Å². The van der Waals surface area contributed by atoms with Gasteiger partial charge in [-0.05, 0) is 51.5 Å². The Balaban J connectivity index is 1.34. The van der Waals surface area contributed by atoms with E-state index in [1.807, 2.05) is 11.8 Å². The second-order valence-electron chi connectivity index (χ2n) is 7.52. The predicted octanol–water partition coefficient (Wildman–Crippen LogP) is 2.46. The smallest absolute Gasteiger partial charge is 0.409 e. The lowest BCUT2D eigenvalue weighted by Crippen LogP contribution is -2.48. The highest BCUT2D eigenvalue weighted by Gasteiger charge is 2.29. The van der Waals surface area contributed by atoms with Crippen molar-refractivity contribution in [3.63, 3.8) is 0 Å². The van der Waals surface area contributed by atoms with E-state index >= 15 is 0 Å². The second-order valence-corrected chi connectivity index (χ2v) is 7.52. The predicted molar refractivity (Wildman–Crippen MR) is 91.6 cm³/mol. The summed E-state index contributed by atoms with van der Waals surface area (Å²) in [4.78, 5) is 16.3. The minimum absolute atomic E-state index is 0.144. The minimum atomic E-state index is -0.144. The first kappa shape index (κ1) is 17.0. The Morgan fingerprint density at radius 2 is 1.74 bits per heavy atom. The topological polar surface area (TPSA) is 44.8 Å². The van der Waals surface area contributed by atoms with Gasteiger partial charge in [0.15, 0.2) is 0 Å². The summed E-state index contributed by atoms with van der Waals surface area (Å²) in [5.41, 5.74) is 0. The molecule has 23 heavy (non-hydrogen) atoms. The van der Waals surface area contributed by atoms with Crippen LogP contribution in [-0.2, 0) is 4.74 Å². The molecule has 3 fully saturated rings. The van der Waals surface area contributed by atoms with Crippen LogP contribution in [0, 0.1) is 5.92 Å². The third-order valence-corrected chi connectivity index (χ3v) is 5.76. The lowest BCUT2D eigenvalue weighted by molar-refractivity contribution is 0.0942. The van der Waals surface area contributed by atoms with Crippen LogP contribution < -0.4 is 5.32 Å². The van der Waals surface area contributed by atoms with E-state index in [4.69, 9.17) is 4.74 Å². The largest absolute Gasteiger partial charge is 0.450 e. The molecule has 0 aromatic heterocycles. The molecule has 1 N–H and O–H groups in total. The third kappa shape index (κ3) is 4.83. The molecule has 1 saturated carbocycles. The molecule has 3 rings (SSSR count). The van der Waals surface area contributed by atoms with Crippen molar-refractivity contribution in [3.8, 4) is 0 Å². The zero-order valence-electron chi connectivity index (χ0n) is 14.6. The molecule has 0 bridgehead atoms. The summed E-state index contributed by atoms with van der Waals surface area (Å²) in [6, 6.07) is 1.22. The molecule has 2 heterocycles. The Labute approximate surface area is 140 Å². The summed E-state index contributed by atoms with van der Waals surface area (Å²) in [7, 11) is 0. The number of carbonyl (C=O) groups excluding carboxylic acids is 1. The van der Waals surface area contributed by atoms with E-state index in [0.717, 1.165) is 31.8 Å². The fourth-order valence-electron chi connectivity index (χ4n) is 4.47. The fourth-order valence-corrected chi connectivity index (χ4v) is 4.47. The van der Waals surface area contributed by atoms with Crippen molar-refractivity contribution in [2.75, 3.05) is 39.3 Å². The minimum Gasteiger partial charge on any atom is -0.450 e. The van der Waals surface area contributed by atoms with Gasteiger partial charge in [-0.15, -0.1) is 0 Å². The number of rotatable bonds is 5. The zero-order valence-corrected chi connectivity index (χ0v) is 14.6. The third-order valence-electron chi connectivity index (χ3n) is 5.76. The van der Waals surface area contributed by atoms with Crippen molar-refractivity contribution in [2.45, 2.75) is 64.0 Å². The first-order valence-corrected chi connectivity index (χ1v) is 9.64. The highest BCUT2D eigenvalue weighted by atomic mass is 16.6. The lowest BCUT2D eigenvalue weighted by atomic mass is 10.0. The van der Waals surface area contributed by atoms with Crippen molar-refractivity contribution in [3.05, 3.63) is 0 Å².